The van der Waals surface area contributed by atoms with Gasteiger partial charge in [0.05, 0.1) is 18.5 Å². The number of rotatable bonds is 3. The minimum Gasteiger partial charge on any atom is -0.392 e. The Balaban J connectivity index is 2.60. The molecule has 0 saturated carbocycles. The first-order valence-electron chi connectivity index (χ1n) is 5.27. The van der Waals surface area contributed by atoms with Gasteiger partial charge in [0.1, 0.15) is 11.5 Å². The molecule has 0 radical (unpaired) electrons. The second-order valence-electron chi connectivity index (χ2n) is 3.86. The van der Waals surface area contributed by atoms with Gasteiger partial charge in [-0.25, -0.2) is 17.9 Å². The average Bonchev–Trinajstić information content (AvgIpc) is 2.72. The zero-order valence-corrected chi connectivity index (χ0v) is 9.57. The molecule has 0 unspecified atom stereocenters. The minimum absolute atomic E-state index is 0.0636. The van der Waals surface area contributed by atoms with Crippen LogP contribution < -0.4 is 0 Å². The van der Waals surface area contributed by atoms with Crippen LogP contribution in [0.1, 0.15) is 23.2 Å². The molecule has 2 aromatic rings. The van der Waals surface area contributed by atoms with E-state index in [2.05, 4.69) is 5.10 Å². The van der Waals surface area contributed by atoms with Gasteiger partial charge in [0.25, 0.3) is 6.43 Å². The number of benzene rings is 1. The molecule has 1 aromatic carbocycles. The number of nitrogens with zero attached hydrogens (tertiary/aromatic N) is 2. The maximum Gasteiger partial charge on any atom is 0.280 e. The van der Waals surface area contributed by atoms with Crippen molar-refractivity contribution < 1.29 is 18.3 Å². The van der Waals surface area contributed by atoms with Crippen LogP contribution in [-0.2, 0) is 6.61 Å². The van der Waals surface area contributed by atoms with Crippen molar-refractivity contribution in [3.63, 3.8) is 0 Å². The highest BCUT2D eigenvalue weighted by Crippen LogP contribution is 2.27. The maximum absolute atomic E-state index is 13.0. The molecule has 0 spiro atoms. The number of aromatic nitrogens is 2. The minimum atomic E-state index is -2.76. The highest BCUT2D eigenvalue weighted by atomic mass is 19.3. The summed E-state index contributed by atoms with van der Waals surface area (Å²) in [5.41, 5.74) is 0.553. The van der Waals surface area contributed by atoms with Crippen molar-refractivity contribution in [2.75, 3.05) is 0 Å². The molecule has 0 bridgehead atoms. The largest absolute Gasteiger partial charge is 0.392 e. The van der Waals surface area contributed by atoms with Crippen molar-refractivity contribution >= 4 is 0 Å². The van der Waals surface area contributed by atoms with E-state index in [0.29, 0.717) is 11.3 Å². The Bertz CT molecular complexity index is 566. The molecule has 96 valence electrons. The van der Waals surface area contributed by atoms with Gasteiger partial charge in [0.15, 0.2) is 0 Å². The van der Waals surface area contributed by atoms with E-state index in [0.717, 1.165) is 4.68 Å². The molecular formula is C12H11F3N2O. The van der Waals surface area contributed by atoms with Crippen LogP contribution in [0.25, 0.3) is 5.69 Å². The summed E-state index contributed by atoms with van der Waals surface area (Å²) in [4.78, 5) is 0. The number of hydrogen-bond acceptors (Lipinski definition) is 2. The van der Waals surface area contributed by atoms with E-state index in [9.17, 15) is 13.2 Å². The number of aryl methyl sites for hydroxylation is 1. The molecule has 1 heterocycles. The second-order valence-corrected chi connectivity index (χ2v) is 3.86. The quantitative estimate of drug-likeness (QED) is 0.917. The summed E-state index contributed by atoms with van der Waals surface area (Å²) in [5, 5.41) is 12.8. The fourth-order valence-corrected chi connectivity index (χ4v) is 1.79. The van der Waals surface area contributed by atoms with Gasteiger partial charge >= 0.3 is 0 Å². The lowest BCUT2D eigenvalue weighted by Crippen LogP contribution is -2.06. The Labute approximate surface area is 101 Å². The number of hydrogen-bond donors (Lipinski definition) is 1. The van der Waals surface area contributed by atoms with Crippen LogP contribution in [0, 0.1) is 12.7 Å². The highest BCUT2D eigenvalue weighted by molar-refractivity contribution is 5.42. The van der Waals surface area contributed by atoms with Gasteiger partial charge in [-0.05, 0) is 30.7 Å². The molecule has 1 N–H and O–H groups in total. The third kappa shape index (κ3) is 2.11. The Kier molecular flexibility index (Phi) is 3.38. The van der Waals surface area contributed by atoms with Crippen molar-refractivity contribution in [1.82, 2.24) is 9.78 Å². The van der Waals surface area contributed by atoms with E-state index in [1.54, 1.807) is 6.92 Å². The van der Waals surface area contributed by atoms with Crippen molar-refractivity contribution in [2.45, 2.75) is 20.0 Å². The van der Waals surface area contributed by atoms with Gasteiger partial charge in [0.2, 0.25) is 0 Å². The molecule has 0 aliphatic carbocycles. The lowest BCUT2D eigenvalue weighted by Gasteiger charge is -2.10. The summed E-state index contributed by atoms with van der Waals surface area (Å²) in [6.07, 6.45) is -1.58. The number of alkyl halides is 2. The van der Waals surface area contributed by atoms with Crippen molar-refractivity contribution in [2.24, 2.45) is 0 Å². The zero-order chi connectivity index (χ0) is 13.3. The number of halogens is 3. The van der Waals surface area contributed by atoms with Gasteiger partial charge in [-0.2, -0.15) is 5.10 Å². The zero-order valence-electron chi connectivity index (χ0n) is 9.57. The van der Waals surface area contributed by atoms with E-state index >= 15 is 0 Å². The lowest BCUT2D eigenvalue weighted by atomic mass is 10.2. The monoisotopic (exact) mass is 256 g/mol. The molecule has 0 aliphatic heterocycles. The van der Waals surface area contributed by atoms with E-state index < -0.39 is 18.8 Å². The molecule has 6 heteroatoms. The number of aliphatic hydroxyl groups excluding tert-OH is 1. The van der Waals surface area contributed by atoms with E-state index in [-0.39, 0.29) is 11.3 Å². The first kappa shape index (κ1) is 12.6. The first-order chi connectivity index (χ1) is 8.54. The number of aliphatic hydroxyl groups is 1. The summed E-state index contributed by atoms with van der Waals surface area (Å²) in [5.74, 6) is -0.440. The Hall–Kier alpha value is -1.82. The third-order valence-electron chi connectivity index (χ3n) is 2.65. The molecule has 0 aliphatic rings. The first-order valence-corrected chi connectivity index (χ1v) is 5.27. The average molecular weight is 256 g/mol. The smallest absolute Gasteiger partial charge is 0.280 e. The van der Waals surface area contributed by atoms with Crippen LogP contribution in [0.5, 0.6) is 0 Å². The highest BCUT2D eigenvalue weighted by Gasteiger charge is 2.21. The Morgan fingerprint density at radius 2 is 2.11 bits per heavy atom. The molecule has 1 aromatic heterocycles. The molecule has 0 fully saturated rings. The topological polar surface area (TPSA) is 38.0 Å². The van der Waals surface area contributed by atoms with Crippen molar-refractivity contribution in [3.8, 4) is 5.69 Å². The summed E-state index contributed by atoms with van der Waals surface area (Å²) < 4.78 is 39.9. The predicted molar refractivity (Wildman–Crippen MR) is 59.1 cm³/mol. The predicted octanol–water partition coefficient (Wildman–Crippen LogP) is 2.75. The van der Waals surface area contributed by atoms with Crippen LogP contribution in [0.2, 0.25) is 0 Å². The lowest BCUT2D eigenvalue weighted by molar-refractivity contribution is 0.138. The summed E-state index contributed by atoms with van der Waals surface area (Å²) in [7, 11) is 0. The molecule has 0 atom stereocenters. The SMILES string of the molecule is Cc1cc(F)ccc1-n1ncc(CO)c1C(F)F. The van der Waals surface area contributed by atoms with Gasteiger partial charge in [0, 0.05) is 5.56 Å². The van der Waals surface area contributed by atoms with Gasteiger partial charge < -0.3 is 5.11 Å². The maximum atomic E-state index is 13.0. The van der Waals surface area contributed by atoms with Crippen molar-refractivity contribution in [3.05, 3.63) is 47.0 Å². The van der Waals surface area contributed by atoms with Crippen LogP contribution >= 0.6 is 0 Å². The Morgan fingerprint density at radius 3 is 2.67 bits per heavy atom. The summed E-state index contributed by atoms with van der Waals surface area (Å²) in [6, 6.07) is 3.80. The Morgan fingerprint density at radius 1 is 1.39 bits per heavy atom. The van der Waals surface area contributed by atoms with E-state index in [1.165, 1.54) is 24.4 Å². The van der Waals surface area contributed by atoms with Crippen LogP contribution in [0.4, 0.5) is 13.2 Å². The standard InChI is InChI=1S/C12H11F3N2O/c1-7-4-9(13)2-3-10(7)17-11(12(14)15)8(6-18)5-16-17/h2-5,12,18H,6H2,1H3. The summed E-state index contributed by atoms with van der Waals surface area (Å²) in [6.45, 7) is 1.09. The van der Waals surface area contributed by atoms with E-state index in [1.807, 2.05) is 0 Å². The van der Waals surface area contributed by atoms with Gasteiger partial charge in [-0.1, -0.05) is 0 Å². The summed E-state index contributed by atoms with van der Waals surface area (Å²) >= 11 is 0. The van der Waals surface area contributed by atoms with Crippen LogP contribution in [-0.4, -0.2) is 14.9 Å². The fourth-order valence-electron chi connectivity index (χ4n) is 1.79. The van der Waals surface area contributed by atoms with Crippen LogP contribution in [0.3, 0.4) is 0 Å². The normalized spacial score (nSPS) is 11.2. The molecule has 18 heavy (non-hydrogen) atoms. The molecule has 3 nitrogen and oxygen atoms in total. The van der Waals surface area contributed by atoms with E-state index in [4.69, 9.17) is 5.11 Å². The molecule has 0 amide bonds. The van der Waals surface area contributed by atoms with Gasteiger partial charge in [-0.3, -0.25) is 0 Å². The van der Waals surface area contributed by atoms with Crippen molar-refractivity contribution in [1.29, 1.82) is 0 Å². The fraction of sp³-hybridized carbons (Fsp3) is 0.250. The molecule has 0 saturated heterocycles. The molecular weight excluding hydrogens is 245 g/mol. The molecule has 2 rings (SSSR count). The second kappa shape index (κ2) is 4.81. The van der Waals surface area contributed by atoms with Gasteiger partial charge in [-0.15, -0.1) is 0 Å². The van der Waals surface area contributed by atoms with Crippen LogP contribution in [0.15, 0.2) is 24.4 Å². The third-order valence-corrected chi connectivity index (χ3v) is 2.65.